The molecule has 0 aliphatic carbocycles. The Balaban J connectivity index is 1.81. The number of fused-ring (bicyclic) bond motifs is 2. The molecule has 130 valence electrons. The van der Waals surface area contributed by atoms with Crippen molar-refractivity contribution in [3.05, 3.63) is 28.8 Å². The molecule has 0 saturated carbocycles. The van der Waals surface area contributed by atoms with Gasteiger partial charge < -0.3 is 4.90 Å². The van der Waals surface area contributed by atoms with Gasteiger partial charge in [0.15, 0.2) is 5.78 Å². The quantitative estimate of drug-likeness (QED) is 0.786. The fourth-order valence-electron chi connectivity index (χ4n) is 3.36. The highest BCUT2D eigenvalue weighted by atomic mass is 32.2. The van der Waals surface area contributed by atoms with E-state index in [1.807, 2.05) is 0 Å². The summed E-state index contributed by atoms with van der Waals surface area (Å²) in [5.41, 5.74) is 4.79. The summed E-state index contributed by atoms with van der Waals surface area (Å²) in [6.45, 7) is 8.24. The van der Waals surface area contributed by atoms with Crippen LogP contribution in [0.25, 0.3) is 15.8 Å². The lowest BCUT2D eigenvalue weighted by Crippen LogP contribution is -2.41. The number of thioether (sulfide) groups is 1. The Morgan fingerprint density at radius 2 is 2.12 bits per heavy atom. The van der Waals surface area contributed by atoms with Gasteiger partial charge in [0.25, 0.3) is 0 Å². The molecule has 1 aromatic heterocycles. The molecule has 0 N–H and O–H groups in total. The van der Waals surface area contributed by atoms with Gasteiger partial charge in [-0.1, -0.05) is 6.08 Å². The van der Waals surface area contributed by atoms with Crippen molar-refractivity contribution >= 4 is 55.4 Å². The molecule has 3 heterocycles. The number of Topliss-reactive ketones (excluding diaryl/α,β-unsaturated/α-hetero) is 1. The minimum atomic E-state index is -0.211. The van der Waals surface area contributed by atoms with Gasteiger partial charge in [0.05, 0.1) is 15.8 Å². The first-order valence-electron chi connectivity index (χ1n) is 8.36. The van der Waals surface area contributed by atoms with E-state index in [9.17, 15) is 4.79 Å². The smallest absolute Gasteiger partial charge is 0.155 e. The van der Waals surface area contributed by atoms with Crippen LogP contribution in [0, 0.1) is 0 Å². The molecule has 0 fully saturated rings. The summed E-state index contributed by atoms with van der Waals surface area (Å²) in [5, 5.41) is 1.83. The minimum Gasteiger partial charge on any atom is -0.365 e. The number of likely N-dealkylation sites (N-methyl/N-ethyl adjacent to an activating group) is 1. The Labute approximate surface area is 156 Å². The van der Waals surface area contributed by atoms with Crippen LogP contribution in [-0.2, 0) is 4.79 Å². The van der Waals surface area contributed by atoms with E-state index in [0.717, 1.165) is 21.3 Å². The van der Waals surface area contributed by atoms with E-state index in [1.54, 1.807) is 30.0 Å². The zero-order chi connectivity index (χ0) is 17.9. The van der Waals surface area contributed by atoms with Crippen molar-refractivity contribution < 1.29 is 4.79 Å². The molecule has 2 aliphatic heterocycles. The maximum absolute atomic E-state index is 11.6. The van der Waals surface area contributed by atoms with Crippen LogP contribution in [0.15, 0.2) is 23.2 Å². The standard InChI is InChI=1S/C19H21N3OS2/c1-10-8-19(3,4)22(5)15-7-16-13(6-12(10)15)20-18(25-16)17-21-14(9-24-17)11(2)23/h6-8,14H,9H2,1-5H3/t14-/m1/s1. The Kier molecular flexibility index (Phi) is 3.81. The summed E-state index contributed by atoms with van der Waals surface area (Å²) in [7, 11) is 2.14. The van der Waals surface area contributed by atoms with Gasteiger partial charge in [-0.15, -0.1) is 23.1 Å². The Morgan fingerprint density at radius 1 is 1.36 bits per heavy atom. The van der Waals surface area contributed by atoms with Gasteiger partial charge in [0, 0.05) is 24.1 Å². The second kappa shape index (κ2) is 5.68. The number of allylic oxidation sites excluding steroid dienone is 1. The SMILES string of the molecule is CC(=O)[C@H]1CSC(c2nc3cc4c(cc3s2)N(C)C(C)(C)C=C4C)=N1. The van der Waals surface area contributed by atoms with E-state index in [2.05, 4.69) is 55.9 Å². The molecule has 2 aromatic rings. The van der Waals surface area contributed by atoms with E-state index in [1.165, 1.54) is 21.5 Å². The van der Waals surface area contributed by atoms with Crippen molar-refractivity contribution in [2.75, 3.05) is 17.7 Å². The number of rotatable bonds is 2. The molecule has 0 radical (unpaired) electrons. The normalized spacial score (nSPS) is 22.0. The number of carbonyl (C=O) groups excluding carboxylic acids is 1. The first kappa shape index (κ1) is 16.8. The molecule has 0 unspecified atom stereocenters. The molecule has 6 heteroatoms. The monoisotopic (exact) mass is 371 g/mol. The van der Waals surface area contributed by atoms with E-state index in [0.29, 0.717) is 0 Å². The number of hydrogen-bond donors (Lipinski definition) is 0. The number of ketones is 1. The summed E-state index contributed by atoms with van der Waals surface area (Å²) in [6.07, 6.45) is 2.31. The first-order chi connectivity index (χ1) is 11.8. The van der Waals surface area contributed by atoms with Crippen LogP contribution in [0.2, 0.25) is 0 Å². The predicted molar refractivity (Wildman–Crippen MR) is 109 cm³/mol. The summed E-state index contributed by atoms with van der Waals surface area (Å²) in [4.78, 5) is 23.2. The third kappa shape index (κ3) is 2.72. The van der Waals surface area contributed by atoms with Crippen molar-refractivity contribution in [1.29, 1.82) is 0 Å². The van der Waals surface area contributed by atoms with E-state index >= 15 is 0 Å². The first-order valence-corrected chi connectivity index (χ1v) is 10.2. The van der Waals surface area contributed by atoms with Crippen LogP contribution < -0.4 is 4.90 Å². The molecule has 0 amide bonds. The molecular formula is C19H21N3OS2. The fourth-order valence-corrected chi connectivity index (χ4v) is 5.53. The molecular weight excluding hydrogens is 350 g/mol. The van der Waals surface area contributed by atoms with Gasteiger partial charge in [-0.2, -0.15) is 0 Å². The van der Waals surface area contributed by atoms with Gasteiger partial charge in [0.1, 0.15) is 16.1 Å². The van der Waals surface area contributed by atoms with Crippen LogP contribution in [-0.4, -0.2) is 40.2 Å². The van der Waals surface area contributed by atoms with Crippen LogP contribution in [0.1, 0.15) is 38.3 Å². The summed E-state index contributed by atoms with van der Waals surface area (Å²) < 4.78 is 1.17. The number of aliphatic imine (C=N–C) groups is 1. The third-order valence-electron chi connectivity index (χ3n) is 5.03. The highest BCUT2D eigenvalue weighted by Crippen LogP contribution is 2.41. The number of anilines is 1. The number of hydrogen-bond acceptors (Lipinski definition) is 6. The molecule has 2 aliphatic rings. The summed E-state index contributed by atoms with van der Waals surface area (Å²) in [6, 6.07) is 4.22. The average Bonchev–Trinajstić information content (AvgIpc) is 3.17. The van der Waals surface area contributed by atoms with Gasteiger partial charge >= 0.3 is 0 Å². The van der Waals surface area contributed by atoms with Gasteiger partial charge in [-0.05, 0) is 45.4 Å². The number of aromatic nitrogens is 1. The second-order valence-corrected chi connectivity index (χ2v) is 9.31. The van der Waals surface area contributed by atoms with Crippen LogP contribution in [0.4, 0.5) is 5.69 Å². The van der Waals surface area contributed by atoms with E-state index < -0.39 is 0 Å². The molecule has 25 heavy (non-hydrogen) atoms. The number of thiazole rings is 1. The fraction of sp³-hybridized carbons (Fsp3) is 0.421. The molecule has 0 saturated heterocycles. The van der Waals surface area contributed by atoms with Crippen molar-refractivity contribution in [1.82, 2.24) is 4.98 Å². The number of nitrogens with zero attached hydrogens (tertiary/aromatic N) is 3. The van der Waals surface area contributed by atoms with E-state index in [4.69, 9.17) is 4.98 Å². The molecule has 1 aromatic carbocycles. The zero-order valence-electron chi connectivity index (χ0n) is 15.1. The Hall–Kier alpha value is -1.66. The van der Waals surface area contributed by atoms with Crippen LogP contribution >= 0.6 is 23.1 Å². The topological polar surface area (TPSA) is 45.6 Å². The predicted octanol–water partition coefficient (Wildman–Crippen LogP) is 4.38. The zero-order valence-corrected chi connectivity index (χ0v) is 16.7. The van der Waals surface area contributed by atoms with Crippen LogP contribution in [0.5, 0.6) is 0 Å². The Morgan fingerprint density at radius 3 is 2.80 bits per heavy atom. The summed E-state index contributed by atoms with van der Waals surface area (Å²) in [5.74, 6) is 0.860. The third-order valence-corrected chi connectivity index (χ3v) is 7.24. The van der Waals surface area contributed by atoms with Crippen molar-refractivity contribution in [3.8, 4) is 0 Å². The summed E-state index contributed by atoms with van der Waals surface area (Å²) >= 11 is 3.30. The minimum absolute atomic E-state index is 0.00161. The van der Waals surface area contributed by atoms with Gasteiger partial charge in [-0.25, -0.2) is 4.98 Å². The molecule has 4 nitrogen and oxygen atoms in total. The van der Waals surface area contributed by atoms with Crippen molar-refractivity contribution in [3.63, 3.8) is 0 Å². The van der Waals surface area contributed by atoms with Gasteiger partial charge in [0.2, 0.25) is 0 Å². The largest absolute Gasteiger partial charge is 0.365 e. The molecule has 0 bridgehead atoms. The number of carbonyl (C=O) groups is 1. The molecule has 0 spiro atoms. The van der Waals surface area contributed by atoms with E-state index in [-0.39, 0.29) is 17.4 Å². The maximum atomic E-state index is 11.6. The van der Waals surface area contributed by atoms with Crippen molar-refractivity contribution in [2.45, 2.75) is 39.3 Å². The molecule has 4 rings (SSSR count). The van der Waals surface area contributed by atoms with Gasteiger partial charge in [-0.3, -0.25) is 9.79 Å². The Bertz CT molecular complexity index is 955. The van der Waals surface area contributed by atoms with Crippen molar-refractivity contribution in [2.24, 2.45) is 4.99 Å². The average molecular weight is 372 g/mol. The lowest BCUT2D eigenvalue weighted by molar-refractivity contribution is -0.117. The maximum Gasteiger partial charge on any atom is 0.155 e. The number of benzene rings is 1. The lowest BCUT2D eigenvalue weighted by atomic mass is 9.89. The highest BCUT2D eigenvalue weighted by molar-refractivity contribution is 8.15. The molecule has 1 atom stereocenters. The lowest BCUT2D eigenvalue weighted by Gasteiger charge is -2.40. The van der Waals surface area contributed by atoms with Crippen LogP contribution in [0.3, 0.4) is 0 Å². The highest BCUT2D eigenvalue weighted by Gasteiger charge is 2.30. The second-order valence-electron chi connectivity index (χ2n) is 7.27.